The van der Waals surface area contributed by atoms with E-state index in [9.17, 15) is 13.2 Å². The number of carbonyl (C=O) groups is 1. The molecular weight excluding hydrogens is 464 g/mol. The average molecular weight is 489 g/mol. The first kappa shape index (κ1) is 23.3. The molecule has 174 valence electrons. The summed E-state index contributed by atoms with van der Waals surface area (Å²) in [7, 11) is -2.04. The summed E-state index contributed by atoms with van der Waals surface area (Å²) >= 11 is 1.55. The van der Waals surface area contributed by atoms with Crippen molar-refractivity contribution in [2.45, 2.75) is 22.6 Å². The number of hydrogen-bond acceptors (Lipinski definition) is 8. The lowest BCUT2D eigenvalue weighted by molar-refractivity contribution is -0.121. The number of sulfonamides is 1. The Kier molecular flexibility index (Phi) is 7.01. The number of carbonyl (C=O) groups excluding carboxylic acids is 1. The zero-order chi connectivity index (χ0) is 23.4. The fourth-order valence-corrected chi connectivity index (χ4v) is 5.54. The summed E-state index contributed by atoms with van der Waals surface area (Å²) in [6.07, 6.45) is 2.75. The Bertz CT molecular complexity index is 1220. The molecule has 1 saturated heterocycles. The largest absolute Gasteiger partial charge is 0.496 e. The fraction of sp³-hybridized carbons (Fsp3) is 0.318. The van der Waals surface area contributed by atoms with Gasteiger partial charge in [-0.05, 0) is 55.5 Å². The van der Waals surface area contributed by atoms with Crippen molar-refractivity contribution >= 4 is 33.7 Å². The van der Waals surface area contributed by atoms with Crippen LogP contribution in [-0.2, 0) is 14.8 Å². The van der Waals surface area contributed by atoms with Gasteiger partial charge >= 0.3 is 6.01 Å². The SMILES string of the molecule is COc1ccccc1-c1nnc(NC(=O)C2CCN(S(=O)(=O)c3ccc(SC)cc3)CC2)o1. The van der Waals surface area contributed by atoms with E-state index >= 15 is 0 Å². The first-order valence-corrected chi connectivity index (χ1v) is 13.0. The Morgan fingerprint density at radius 1 is 1.12 bits per heavy atom. The molecule has 33 heavy (non-hydrogen) atoms. The maximum absolute atomic E-state index is 12.9. The van der Waals surface area contributed by atoms with Gasteiger partial charge in [0, 0.05) is 23.9 Å². The third-order valence-corrected chi connectivity index (χ3v) is 8.17. The quantitative estimate of drug-likeness (QED) is 0.503. The van der Waals surface area contributed by atoms with Gasteiger partial charge in [-0.3, -0.25) is 10.1 Å². The van der Waals surface area contributed by atoms with Crippen LogP contribution in [0.15, 0.2) is 62.7 Å². The number of aromatic nitrogens is 2. The van der Waals surface area contributed by atoms with Crippen molar-refractivity contribution in [2.75, 3.05) is 31.8 Å². The van der Waals surface area contributed by atoms with E-state index in [1.807, 2.05) is 18.4 Å². The molecule has 0 radical (unpaired) electrons. The minimum absolute atomic E-state index is 0.00941. The molecule has 1 aliphatic rings. The normalized spacial score (nSPS) is 15.3. The van der Waals surface area contributed by atoms with E-state index in [4.69, 9.17) is 9.15 Å². The number of hydrogen-bond donors (Lipinski definition) is 1. The molecule has 0 atom stereocenters. The number of ether oxygens (including phenoxy) is 1. The predicted octanol–water partition coefficient (Wildman–Crippen LogP) is 3.51. The van der Waals surface area contributed by atoms with Crippen LogP contribution in [0.3, 0.4) is 0 Å². The smallest absolute Gasteiger partial charge is 0.322 e. The van der Waals surface area contributed by atoms with Crippen LogP contribution in [0.2, 0.25) is 0 Å². The second kappa shape index (κ2) is 9.94. The van der Waals surface area contributed by atoms with Crippen molar-refractivity contribution in [1.29, 1.82) is 0 Å². The maximum atomic E-state index is 12.9. The van der Waals surface area contributed by atoms with Crippen molar-refractivity contribution in [2.24, 2.45) is 5.92 Å². The molecule has 3 aromatic rings. The number of amides is 1. The summed E-state index contributed by atoms with van der Waals surface area (Å²) in [4.78, 5) is 14.0. The van der Waals surface area contributed by atoms with E-state index in [-0.39, 0.29) is 41.7 Å². The number of methoxy groups -OCH3 is 1. The standard InChI is InChI=1S/C22H24N4O5S2/c1-30-19-6-4-3-5-18(19)21-24-25-22(31-21)23-20(27)15-11-13-26(14-12-15)33(28,29)17-9-7-16(32-2)8-10-17/h3-10,15H,11-14H2,1-2H3,(H,23,25,27). The zero-order valence-electron chi connectivity index (χ0n) is 18.2. The zero-order valence-corrected chi connectivity index (χ0v) is 19.9. The third-order valence-electron chi connectivity index (χ3n) is 5.51. The number of nitrogens with zero attached hydrogens (tertiary/aromatic N) is 3. The maximum Gasteiger partial charge on any atom is 0.322 e. The Hall–Kier alpha value is -2.89. The van der Waals surface area contributed by atoms with Crippen LogP contribution >= 0.6 is 11.8 Å². The van der Waals surface area contributed by atoms with Gasteiger partial charge in [0.1, 0.15) is 5.75 Å². The van der Waals surface area contributed by atoms with Crippen molar-refractivity contribution in [3.05, 3.63) is 48.5 Å². The molecule has 1 aromatic heterocycles. The summed E-state index contributed by atoms with van der Waals surface area (Å²) in [6, 6.07) is 14.0. The van der Waals surface area contributed by atoms with Gasteiger partial charge in [0.05, 0.1) is 17.6 Å². The Labute approximate surface area is 196 Å². The minimum Gasteiger partial charge on any atom is -0.496 e. The second-order valence-electron chi connectivity index (χ2n) is 7.46. The summed E-state index contributed by atoms with van der Waals surface area (Å²) in [5.74, 6) is 0.190. The van der Waals surface area contributed by atoms with E-state index in [0.717, 1.165) is 4.90 Å². The Morgan fingerprint density at radius 3 is 2.48 bits per heavy atom. The van der Waals surface area contributed by atoms with Gasteiger partial charge in [0.25, 0.3) is 5.89 Å². The van der Waals surface area contributed by atoms with Crippen LogP contribution in [0, 0.1) is 5.92 Å². The predicted molar refractivity (Wildman–Crippen MR) is 125 cm³/mol. The molecule has 0 unspecified atom stereocenters. The number of anilines is 1. The molecule has 1 N–H and O–H groups in total. The lowest BCUT2D eigenvalue weighted by atomic mass is 9.97. The number of rotatable bonds is 7. The molecule has 1 amide bonds. The van der Waals surface area contributed by atoms with Gasteiger partial charge in [-0.25, -0.2) is 8.42 Å². The van der Waals surface area contributed by atoms with Crippen molar-refractivity contribution in [3.8, 4) is 17.2 Å². The highest BCUT2D eigenvalue weighted by Crippen LogP contribution is 2.30. The summed E-state index contributed by atoms with van der Waals surface area (Å²) in [5.41, 5.74) is 0.622. The van der Waals surface area contributed by atoms with Crippen molar-refractivity contribution < 1.29 is 22.4 Å². The number of para-hydroxylation sites is 1. The number of benzene rings is 2. The molecule has 0 aliphatic carbocycles. The Balaban J connectivity index is 1.36. The highest BCUT2D eigenvalue weighted by atomic mass is 32.2. The Morgan fingerprint density at radius 2 is 1.82 bits per heavy atom. The average Bonchev–Trinajstić information content (AvgIpc) is 3.32. The third kappa shape index (κ3) is 5.05. The fourth-order valence-electron chi connectivity index (χ4n) is 3.67. The number of thioether (sulfide) groups is 1. The van der Waals surface area contributed by atoms with Gasteiger partial charge in [0.2, 0.25) is 15.9 Å². The molecular formula is C22H24N4O5S2. The lowest BCUT2D eigenvalue weighted by Crippen LogP contribution is -2.41. The summed E-state index contributed by atoms with van der Waals surface area (Å²) in [6.45, 7) is 0.530. The van der Waals surface area contributed by atoms with E-state index in [1.54, 1.807) is 55.3 Å². The first-order chi connectivity index (χ1) is 15.9. The molecule has 0 saturated carbocycles. The van der Waals surface area contributed by atoms with E-state index in [1.165, 1.54) is 4.31 Å². The van der Waals surface area contributed by atoms with E-state index < -0.39 is 10.0 Å². The molecule has 9 nitrogen and oxygen atoms in total. The highest BCUT2D eigenvalue weighted by molar-refractivity contribution is 7.98. The summed E-state index contributed by atoms with van der Waals surface area (Å²) in [5, 5.41) is 10.5. The van der Waals surface area contributed by atoms with Crippen molar-refractivity contribution in [1.82, 2.24) is 14.5 Å². The van der Waals surface area contributed by atoms with E-state index in [2.05, 4.69) is 15.5 Å². The lowest BCUT2D eigenvalue weighted by Gasteiger charge is -2.30. The van der Waals surface area contributed by atoms with Crippen LogP contribution in [-0.4, -0.2) is 55.3 Å². The molecule has 1 aliphatic heterocycles. The van der Waals surface area contributed by atoms with Gasteiger partial charge in [-0.1, -0.05) is 17.2 Å². The van der Waals surface area contributed by atoms with Crippen LogP contribution in [0.1, 0.15) is 12.8 Å². The van der Waals surface area contributed by atoms with Crippen LogP contribution in [0.5, 0.6) is 5.75 Å². The van der Waals surface area contributed by atoms with Crippen LogP contribution < -0.4 is 10.1 Å². The highest BCUT2D eigenvalue weighted by Gasteiger charge is 2.32. The molecule has 11 heteroatoms. The van der Waals surface area contributed by atoms with Gasteiger partial charge in [0.15, 0.2) is 0 Å². The number of piperidine rings is 1. The van der Waals surface area contributed by atoms with Gasteiger partial charge in [-0.15, -0.1) is 16.9 Å². The monoisotopic (exact) mass is 488 g/mol. The van der Waals surface area contributed by atoms with E-state index in [0.29, 0.717) is 24.2 Å². The van der Waals surface area contributed by atoms with Crippen LogP contribution in [0.25, 0.3) is 11.5 Å². The van der Waals surface area contributed by atoms with Gasteiger partial charge in [-0.2, -0.15) is 4.31 Å². The topological polar surface area (TPSA) is 115 Å². The minimum atomic E-state index is -3.59. The summed E-state index contributed by atoms with van der Waals surface area (Å²) < 4.78 is 38.1. The second-order valence-corrected chi connectivity index (χ2v) is 10.3. The molecule has 2 heterocycles. The molecule has 1 fully saturated rings. The molecule has 4 rings (SSSR count). The molecule has 0 spiro atoms. The molecule has 2 aromatic carbocycles. The van der Waals surface area contributed by atoms with Crippen LogP contribution in [0.4, 0.5) is 6.01 Å². The molecule has 0 bridgehead atoms. The van der Waals surface area contributed by atoms with Gasteiger partial charge < -0.3 is 9.15 Å². The first-order valence-electron chi connectivity index (χ1n) is 10.3. The number of nitrogens with one attached hydrogen (secondary N) is 1. The van der Waals surface area contributed by atoms with Crippen molar-refractivity contribution in [3.63, 3.8) is 0 Å².